The van der Waals surface area contributed by atoms with Gasteiger partial charge in [-0.2, -0.15) is 0 Å². The van der Waals surface area contributed by atoms with Crippen molar-refractivity contribution < 1.29 is 0 Å². The summed E-state index contributed by atoms with van der Waals surface area (Å²) in [6, 6.07) is 0.816. The van der Waals surface area contributed by atoms with Gasteiger partial charge in [0.2, 0.25) is 0 Å². The Morgan fingerprint density at radius 2 is 2.28 bits per heavy atom. The number of hydrogen-bond acceptors (Lipinski definition) is 4. The third-order valence-corrected chi connectivity index (χ3v) is 5.08. The van der Waals surface area contributed by atoms with Crippen LogP contribution in [0, 0.1) is 0 Å². The van der Waals surface area contributed by atoms with Crippen molar-refractivity contribution in [3.05, 3.63) is 15.6 Å². The van der Waals surface area contributed by atoms with Gasteiger partial charge in [-0.1, -0.05) is 13.3 Å². The highest BCUT2D eigenvalue weighted by Gasteiger charge is 2.21. The molecule has 0 spiro atoms. The summed E-state index contributed by atoms with van der Waals surface area (Å²) in [7, 11) is 0. The number of nitrogens with zero attached hydrogens (tertiary/aromatic N) is 2. The summed E-state index contributed by atoms with van der Waals surface area (Å²) >= 11 is 1.81. The van der Waals surface area contributed by atoms with E-state index in [9.17, 15) is 0 Å². The summed E-state index contributed by atoms with van der Waals surface area (Å²) < 4.78 is 0. The second kappa shape index (κ2) is 6.13. The number of piperidine rings is 1. The molecule has 2 N–H and O–H groups in total. The zero-order valence-corrected chi connectivity index (χ0v) is 12.6. The van der Waals surface area contributed by atoms with Crippen LogP contribution in [0.5, 0.6) is 0 Å². The Morgan fingerprint density at radius 3 is 2.83 bits per heavy atom. The zero-order valence-electron chi connectivity index (χ0n) is 11.8. The topological polar surface area (TPSA) is 42.2 Å². The maximum atomic E-state index is 6.02. The van der Waals surface area contributed by atoms with E-state index in [0.717, 1.165) is 13.0 Å². The van der Waals surface area contributed by atoms with Gasteiger partial charge in [-0.25, -0.2) is 4.98 Å². The maximum absolute atomic E-state index is 6.02. The molecular weight excluding hydrogens is 242 g/mol. The molecule has 2 heterocycles. The number of thiazole rings is 1. The molecule has 1 aromatic heterocycles. The lowest BCUT2D eigenvalue weighted by Gasteiger charge is -2.32. The first-order valence-electron chi connectivity index (χ1n) is 7.10. The Bertz CT molecular complexity index is 386. The Kier molecular flexibility index (Phi) is 4.76. The number of aromatic nitrogens is 1. The van der Waals surface area contributed by atoms with Crippen LogP contribution in [0.2, 0.25) is 0 Å². The fourth-order valence-corrected chi connectivity index (χ4v) is 3.79. The van der Waals surface area contributed by atoms with Crippen LogP contribution in [0.1, 0.15) is 61.7 Å². The highest BCUT2D eigenvalue weighted by molar-refractivity contribution is 7.11. The molecule has 0 saturated carbocycles. The first kappa shape index (κ1) is 14.0. The summed E-state index contributed by atoms with van der Waals surface area (Å²) in [5.41, 5.74) is 7.22. The van der Waals surface area contributed by atoms with Crippen LogP contribution in [-0.4, -0.2) is 22.5 Å². The van der Waals surface area contributed by atoms with Crippen molar-refractivity contribution in [3.63, 3.8) is 0 Å². The van der Waals surface area contributed by atoms with Crippen LogP contribution in [0.4, 0.5) is 0 Å². The number of hydrogen-bond donors (Lipinski definition) is 1. The van der Waals surface area contributed by atoms with Gasteiger partial charge in [0.25, 0.3) is 0 Å². The van der Waals surface area contributed by atoms with Crippen LogP contribution in [0.25, 0.3) is 0 Å². The second-order valence-corrected chi connectivity index (χ2v) is 6.49. The molecule has 0 radical (unpaired) electrons. The molecule has 1 fully saturated rings. The van der Waals surface area contributed by atoms with Crippen molar-refractivity contribution in [3.8, 4) is 0 Å². The molecule has 1 aliphatic rings. The fraction of sp³-hybridized carbons (Fsp3) is 0.786. The summed E-state index contributed by atoms with van der Waals surface area (Å²) in [6.07, 6.45) is 5.02. The highest BCUT2D eigenvalue weighted by atomic mass is 32.1. The zero-order chi connectivity index (χ0) is 13.1. The van der Waals surface area contributed by atoms with E-state index in [-0.39, 0.29) is 6.04 Å². The molecule has 102 valence electrons. The first-order chi connectivity index (χ1) is 8.61. The average Bonchev–Trinajstić information content (AvgIpc) is 2.75. The van der Waals surface area contributed by atoms with Gasteiger partial charge in [-0.3, -0.25) is 4.90 Å². The molecule has 2 atom stereocenters. The standard InChI is InChI=1S/C14H25N3S/c1-4-12-14(11(3)15)18-13(16-12)9-17-8-6-5-7-10(17)2/h10-11H,4-9,15H2,1-3H3. The van der Waals surface area contributed by atoms with Crippen molar-refractivity contribution >= 4 is 11.3 Å². The molecule has 1 saturated heterocycles. The van der Waals surface area contributed by atoms with Crippen molar-refractivity contribution in [2.24, 2.45) is 5.73 Å². The van der Waals surface area contributed by atoms with E-state index < -0.39 is 0 Å². The molecule has 4 heteroatoms. The van der Waals surface area contributed by atoms with Gasteiger partial charge >= 0.3 is 0 Å². The highest BCUT2D eigenvalue weighted by Crippen LogP contribution is 2.27. The van der Waals surface area contributed by atoms with E-state index >= 15 is 0 Å². The Morgan fingerprint density at radius 1 is 1.50 bits per heavy atom. The molecule has 0 aromatic carbocycles. The van der Waals surface area contributed by atoms with E-state index in [0.29, 0.717) is 6.04 Å². The first-order valence-corrected chi connectivity index (χ1v) is 7.91. The second-order valence-electron chi connectivity index (χ2n) is 5.38. The predicted octanol–water partition coefficient (Wildman–Crippen LogP) is 3.10. The molecule has 18 heavy (non-hydrogen) atoms. The molecule has 3 nitrogen and oxygen atoms in total. The molecular formula is C14H25N3S. The Labute approximate surface area is 114 Å². The third kappa shape index (κ3) is 3.11. The van der Waals surface area contributed by atoms with Gasteiger partial charge < -0.3 is 5.73 Å². The molecule has 1 aliphatic heterocycles. The van der Waals surface area contributed by atoms with Crippen LogP contribution >= 0.6 is 11.3 Å². The van der Waals surface area contributed by atoms with Gasteiger partial charge in [0.05, 0.1) is 12.2 Å². The van der Waals surface area contributed by atoms with E-state index in [1.165, 1.54) is 41.4 Å². The predicted molar refractivity (Wildman–Crippen MR) is 77.8 cm³/mol. The van der Waals surface area contributed by atoms with Gasteiger partial charge in [0, 0.05) is 17.0 Å². The monoisotopic (exact) mass is 267 g/mol. The molecule has 0 bridgehead atoms. The van der Waals surface area contributed by atoms with Crippen molar-refractivity contribution in [1.29, 1.82) is 0 Å². The van der Waals surface area contributed by atoms with Gasteiger partial charge in [0.15, 0.2) is 0 Å². The smallest absolute Gasteiger partial charge is 0.107 e. The molecule has 2 rings (SSSR count). The number of aryl methyl sites for hydroxylation is 1. The van der Waals surface area contributed by atoms with E-state index in [2.05, 4.69) is 25.7 Å². The number of rotatable bonds is 4. The maximum Gasteiger partial charge on any atom is 0.107 e. The van der Waals surface area contributed by atoms with Gasteiger partial charge in [0.1, 0.15) is 5.01 Å². The normalized spacial score (nSPS) is 23.2. The SMILES string of the molecule is CCc1nc(CN2CCCCC2C)sc1C(C)N. The minimum Gasteiger partial charge on any atom is -0.323 e. The van der Waals surface area contributed by atoms with Crippen LogP contribution < -0.4 is 5.73 Å². The molecule has 1 aromatic rings. The lowest BCUT2D eigenvalue weighted by molar-refractivity contribution is 0.152. The van der Waals surface area contributed by atoms with Crippen molar-refractivity contribution in [2.45, 2.75) is 65.1 Å². The molecule has 0 aliphatic carbocycles. The van der Waals surface area contributed by atoms with Crippen LogP contribution in [0.15, 0.2) is 0 Å². The lowest BCUT2D eigenvalue weighted by Crippen LogP contribution is -2.36. The quantitative estimate of drug-likeness (QED) is 0.911. The summed E-state index contributed by atoms with van der Waals surface area (Å²) in [5.74, 6) is 0. The summed E-state index contributed by atoms with van der Waals surface area (Å²) in [5, 5.41) is 1.24. The fourth-order valence-electron chi connectivity index (χ4n) is 2.66. The lowest BCUT2D eigenvalue weighted by atomic mass is 10.0. The molecule has 0 amide bonds. The van der Waals surface area contributed by atoms with E-state index in [1.807, 2.05) is 11.3 Å². The number of nitrogens with two attached hydrogens (primary N) is 1. The van der Waals surface area contributed by atoms with Gasteiger partial charge in [-0.15, -0.1) is 11.3 Å². The molecule has 2 unspecified atom stereocenters. The third-order valence-electron chi connectivity index (χ3n) is 3.80. The Balaban J connectivity index is 2.09. The van der Waals surface area contributed by atoms with Crippen LogP contribution in [0.3, 0.4) is 0 Å². The van der Waals surface area contributed by atoms with Gasteiger partial charge in [-0.05, 0) is 39.7 Å². The van der Waals surface area contributed by atoms with E-state index in [1.54, 1.807) is 0 Å². The summed E-state index contributed by atoms with van der Waals surface area (Å²) in [6.45, 7) is 8.77. The van der Waals surface area contributed by atoms with Crippen molar-refractivity contribution in [1.82, 2.24) is 9.88 Å². The number of likely N-dealkylation sites (tertiary alicyclic amines) is 1. The van der Waals surface area contributed by atoms with Crippen LogP contribution in [-0.2, 0) is 13.0 Å². The van der Waals surface area contributed by atoms with Crippen molar-refractivity contribution in [2.75, 3.05) is 6.54 Å². The van der Waals surface area contributed by atoms with E-state index in [4.69, 9.17) is 10.7 Å². The largest absolute Gasteiger partial charge is 0.323 e. The summed E-state index contributed by atoms with van der Waals surface area (Å²) in [4.78, 5) is 8.61. The Hall–Kier alpha value is -0.450. The minimum atomic E-state index is 0.116. The minimum absolute atomic E-state index is 0.116. The average molecular weight is 267 g/mol.